The van der Waals surface area contributed by atoms with Gasteiger partial charge >= 0.3 is 6.09 Å². The van der Waals surface area contributed by atoms with Crippen LogP contribution in [-0.2, 0) is 4.74 Å². The normalized spacial score (nSPS) is 24.4. The highest BCUT2D eigenvalue weighted by Crippen LogP contribution is 2.42. The van der Waals surface area contributed by atoms with Gasteiger partial charge in [-0.2, -0.15) is 0 Å². The van der Waals surface area contributed by atoms with Crippen molar-refractivity contribution in [2.75, 3.05) is 19.7 Å². The summed E-state index contributed by atoms with van der Waals surface area (Å²) in [6.07, 6.45) is 0.434. The van der Waals surface area contributed by atoms with Gasteiger partial charge in [-0.3, -0.25) is 0 Å². The number of likely N-dealkylation sites (tertiary alicyclic amines) is 1. The molecule has 0 aromatic heterocycles. The highest BCUT2D eigenvalue weighted by atomic mass is 19.1. The summed E-state index contributed by atoms with van der Waals surface area (Å²) in [5, 5.41) is 0. The van der Waals surface area contributed by atoms with Crippen molar-refractivity contribution in [1.82, 2.24) is 4.90 Å². The van der Waals surface area contributed by atoms with Crippen molar-refractivity contribution in [3.63, 3.8) is 0 Å². The van der Waals surface area contributed by atoms with Crippen LogP contribution in [0.4, 0.5) is 9.18 Å². The molecule has 0 N–H and O–H groups in total. The molecule has 19 heavy (non-hydrogen) atoms. The average Bonchev–Trinajstić information content (AvgIpc) is 2.75. The molecule has 0 aliphatic carbocycles. The highest BCUT2D eigenvalue weighted by molar-refractivity contribution is 5.68. The van der Waals surface area contributed by atoms with Crippen molar-refractivity contribution in [2.24, 2.45) is 0 Å². The van der Waals surface area contributed by atoms with Crippen LogP contribution in [0.1, 0.15) is 24.8 Å². The highest BCUT2D eigenvalue weighted by Gasteiger charge is 2.40. The third-order valence-electron chi connectivity index (χ3n) is 3.74. The lowest BCUT2D eigenvalue weighted by molar-refractivity contribution is 0.0623. The molecule has 3 rings (SSSR count). The number of fused-ring (bicyclic) bond motifs is 3. The molecule has 2 heterocycles. The molecule has 1 aromatic carbocycles. The number of rotatable bonds is 1. The molecule has 2 aliphatic rings. The molecule has 0 bridgehead atoms. The zero-order valence-corrected chi connectivity index (χ0v) is 10.8. The first-order chi connectivity index (χ1) is 9.19. The van der Waals surface area contributed by atoms with E-state index in [1.807, 2.05) is 0 Å². The van der Waals surface area contributed by atoms with E-state index in [2.05, 4.69) is 0 Å². The van der Waals surface area contributed by atoms with Gasteiger partial charge in [0.1, 0.15) is 17.7 Å². The molecule has 5 heteroatoms. The van der Waals surface area contributed by atoms with Crippen LogP contribution in [0.25, 0.3) is 0 Å². The van der Waals surface area contributed by atoms with Gasteiger partial charge in [-0.25, -0.2) is 9.18 Å². The van der Waals surface area contributed by atoms with E-state index in [0.29, 0.717) is 25.4 Å². The maximum absolute atomic E-state index is 13.2. The van der Waals surface area contributed by atoms with Crippen LogP contribution in [0.3, 0.4) is 0 Å². The summed E-state index contributed by atoms with van der Waals surface area (Å²) in [4.78, 5) is 13.4. The SMILES string of the molecule is CCOC(=O)N1CC[C@H]2c3ccc(F)cc3O[C@H]2C1. The first kappa shape index (κ1) is 12.3. The molecular weight excluding hydrogens is 249 g/mol. The van der Waals surface area contributed by atoms with Gasteiger partial charge in [0, 0.05) is 24.1 Å². The lowest BCUT2D eigenvalue weighted by Gasteiger charge is -2.33. The van der Waals surface area contributed by atoms with Crippen molar-refractivity contribution in [1.29, 1.82) is 0 Å². The number of carbonyl (C=O) groups is 1. The van der Waals surface area contributed by atoms with Crippen molar-refractivity contribution in [2.45, 2.75) is 25.4 Å². The summed E-state index contributed by atoms with van der Waals surface area (Å²) in [7, 11) is 0. The minimum absolute atomic E-state index is 0.0880. The number of amides is 1. The van der Waals surface area contributed by atoms with Crippen molar-refractivity contribution in [3.8, 4) is 5.75 Å². The summed E-state index contributed by atoms with van der Waals surface area (Å²) >= 11 is 0. The zero-order chi connectivity index (χ0) is 13.4. The van der Waals surface area contributed by atoms with E-state index in [1.54, 1.807) is 17.9 Å². The van der Waals surface area contributed by atoms with Gasteiger partial charge in [-0.05, 0) is 19.4 Å². The average molecular weight is 265 g/mol. The van der Waals surface area contributed by atoms with Crippen LogP contribution < -0.4 is 4.74 Å². The Morgan fingerprint density at radius 3 is 3.21 bits per heavy atom. The van der Waals surface area contributed by atoms with Gasteiger partial charge < -0.3 is 14.4 Å². The number of hydrogen-bond acceptors (Lipinski definition) is 3. The standard InChI is InChI=1S/C14H16FNO3/c1-2-18-14(17)16-6-5-11-10-4-3-9(15)7-12(10)19-13(11)8-16/h3-4,7,11,13H,2,5-6,8H2,1H3/t11-,13-/m0/s1. The Morgan fingerprint density at radius 2 is 2.42 bits per heavy atom. The molecule has 2 aliphatic heterocycles. The van der Waals surface area contributed by atoms with Crippen LogP contribution in [0.15, 0.2) is 18.2 Å². The minimum atomic E-state index is -0.299. The summed E-state index contributed by atoms with van der Waals surface area (Å²) in [5.74, 6) is 0.571. The van der Waals surface area contributed by atoms with Crippen LogP contribution in [-0.4, -0.2) is 36.8 Å². The lowest BCUT2D eigenvalue weighted by atomic mass is 9.89. The molecule has 0 radical (unpaired) electrons. The van der Waals surface area contributed by atoms with Gasteiger partial charge in [-0.1, -0.05) is 6.07 Å². The van der Waals surface area contributed by atoms with Crippen molar-refractivity contribution in [3.05, 3.63) is 29.6 Å². The topological polar surface area (TPSA) is 38.8 Å². The molecule has 0 saturated carbocycles. The predicted octanol–water partition coefficient (Wildman–Crippen LogP) is 2.53. The predicted molar refractivity (Wildman–Crippen MR) is 66.8 cm³/mol. The molecule has 0 spiro atoms. The molecule has 4 nitrogen and oxygen atoms in total. The van der Waals surface area contributed by atoms with E-state index >= 15 is 0 Å². The summed E-state index contributed by atoms with van der Waals surface area (Å²) < 4.78 is 23.9. The van der Waals surface area contributed by atoms with Crippen molar-refractivity contribution >= 4 is 6.09 Å². The summed E-state index contributed by atoms with van der Waals surface area (Å²) in [6, 6.07) is 4.67. The molecule has 1 amide bonds. The largest absolute Gasteiger partial charge is 0.488 e. The second-order valence-electron chi connectivity index (χ2n) is 4.88. The fraction of sp³-hybridized carbons (Fsp3) is 0.500. The van der Waals surface area contributed by atoms with Gasteiger partial charge in [0.2, 0.25) is 0 Å². The molecule has 0 unspecified atom stereocenters. The second kappa shape index (κ2) is 4.72. The van der Waals surface area contributed by atoms with E-state index in [9.17, 15) is 9.18 Å². The first-order valence-electron chi connectivity index (χ1n) is 6.57. The quantitative estimate of drug-likeness (QED) is 0.783. The van der Waals surface area contributed by atoms with Crippen molar-refractivity contribution < 1.29 is 18.7 Å². The van der Waals surface area contributed by atoms with Crippen LogP contribution in [0.2, 0.25) is 0 Å². The van der Waals surface area contributed by atoms with E-state index in [0.717, 1.165) is 12.0 Å². The van der Waals surface area contributed by atoms with Gasteiger partial charge in [0.05, 0.1) is 13.2 Å². The molecule has 1 aromatic rings. The molecule has 2 atom stereocenters. The van der Waals surface area contributed by atoms with Crippen LogP contribution in [0.5, 0.6) is 5.75 Å². The number of halogens is 1. The van der Waals surface area contributed by atoms with Gasteiger partial charge in [0.25, 0.3) is 0 Å². The molecule has 1 saturated heterocycles. The number of ether oxygens (including phenoxy) is 2. The Kier molecular flexibility index (Phi) is 3.05. The maximum atomic E-state index is 13.2. The van der Waals surface area contributed by atoms with E-state index in [4.69, 9.17) is 9.47 Å². The smallest absolute Gasteiger partial charge is 0.409 e. The van der Waals surface area contributed by atoms with Crippen LogP contribution in [0, 0.1) is 5.82 Å². The van der Waals surface area contributed by atoms with Gasteiger partial charge in [0.15, 0.2) is 0 Å². The monoisotopic (exact) mass is 265 g/mol. The number of piperidine rings is 1. The Bertz CT molecular complexity index is 505. The Labute approximate surface area is 111 Å². The zero-order valence-electron chi connectivity index (χ0n) is 10.8. The Morgan fingerprint density at radius 1 is 1.58 bits per heavy atom. The summed E-state index contributed by atoms with van der Waals surface area (Å²) in [6.45, 7) is 3.31. The summed E-state index contributed by atoms with van der Waals surface area (Å²) in [5.41, 5.74) is 1.05. The first-order valence-corrected chi connectivity index (χ1v) is 6.57. The van der Waals surface area contributed by atoms with Gasteiger partial charge in [-0.15, -0.1) is 0 Å². The molecular formula is C14H16FNO3. The molecule has 1 fully saturated rings. The van der Waals surface area contributed by atoms with Crippen LogP contribution >= 0.6 is 0 Å². The third-order valence-corrected chi connectivity index (χ3v) is 3.74. The second-order valence-corrected chi connectivity index (χ2v) is 4.88. The lowest BCUT2D eigenvalue weighted by Crippen LogP contribution is -2.46. The number of nitrogens with zero attached hydrogens (tertiary/aromatic N) is 1. The third kappa shape index (κ3) is 2.13. The number of hydrogen-bond donors (Lipinski definition) is 0. The maximum Gasteiger partial charge on any atom is 0.409 e. The molecule has 102 valence electrons. The minimum Gasteiger partial charge on any atom is -0.488 e. The number of carbonyl (C=O) groups excluding carboxylic acids is 1. The number of benzene rings is 1. The van der Waals surface area contributed by atoms with E-state index in [1.165, 1.54) is 12.1 Å². The Balaban J connectivity index is 1.75. The fourth-order valence-corrected chi connectivity index (χ4v) is 2.85. The van der Waals surface area contributed by atoms with E-state index < -0.39 is 0 Å². The Hall–Kier alpha value is -1.78. The van der Waals surface area contributed by atoms with E-state index in [-0.39, 0.29) is 23.9 Å². The fourth-order valence-electron chi connectivity index (χ4n) is 2.85.